The van der Waals surface area contributed by atoms with Crippen LogP contribution < -0.4 is 5.32 Å². The first-order chi connectivity index (χ1) is 9.70. The molecule has 0 spiro atoms. The normalized spacial score (nSPS) is 26.8. The summed E-state index contributed by atoms with van der Waals surface area (Å²) in [7, 11) is 0. The van der Waals surface area contributed by atoms with Crippen LogP contribution in [-0.4, -0.2) is 28.8 Å². The van der Waals surface area contributed by atoms with Gasteiger partial charge in [0.05, 0.1) is 6.54 Å². The van der Waals surface area contributed by atoms with Gasteiger partial charge in [0.1, 0.15) is 12.1 Å². The minimum atomic E-state index is -0.331. The third-order valence-electron chi connectivity index (χ3n) is 4.05. The molecule has 4 nitrogen and oxygen atoms in total. The Bertz CT molecular complexity index is 496. The highest BCUT2D eigenvalue weighted by molar-refractivity contribution is 7.09. The van der Waals surface area contributed by atoms with Gasteiger partial charge in [0.15, 0.2) is 0 Å². The van der Waals surface area contributed by atoms with Crippen LogP contribution in [0.1, 0.15) is 37.5 Å². The van der Waals surface area contributed by atoms with E-state index in [9.17, 15) is 9.59 Å². The van der Waals surface area contributed by atoms with Crippen molar-refractivity contribution < 1.29 is 9.59 Å². The third-order valence-corrected chi connectivity index (χ3v) is 4.92. The molecule has 0 bridgehead atoms. The van der Waals surface area contributed by atoms with E-state index in [0.29, 0.717) is 12.5 Å². The SMILES string of the molecule is CCCC1NC(=O)C(C2CC2)N(Cc2cccs2)C1=O. The molecule has 2 heterocycles. The van der Waals surface area contributed by atoms with Crippen LogP contribution in [0, 0.1) is 5.92 Å². The maximum absolute atomic E-state index is 12.6. The van der Waals surface area contributed by atoms with E-state index in [-0.39, 0.29) is 23.9 Å². The Kier molecular flexibility index (Phi) is 3.78. The first-order valence-electron chi connectivity index (χ1n) is 7.34. The number of hydrogen-bond acceptors (Lipinski definition) is 3. The molecule has 1 saturated carbocycles. The van der Waals surface area contributed by atoms with Gasteiger partial charge in [0.25, 0.3) is 0 Å². The fraction of sp³-hybridized carbons (Fsp3) is 0.600. The highest BCUT2D eigenvalue weighted by atomic mass is 32.1. The van der Waals surface area contributed by atoms with Gasteiger partial charge in [0.2, 0.25) is 11.8 Å². The number of nitrogens with one attached hydrogen (secondary N) is 1. The predicted molar refractivity (Wildman–Crippen MR) is 78.2 cm³/mol. The minimum Gasteiger partial charge on any atom is -0.342 e. The predicted octanol–water partition coefficient (Wildman–Crippen LogP) is 2.15. The van der Waals surface area contributed by atoms with Gasteiger partial charge in [-0.3, -0.25) is 9.59 Å². The van der Waals surface area contributed by atoms with Gasteiger partial charge in [-0.05, 0) is 36.6 Å². The molecule has 0 radical (unpaired) electrons. The summed E-state index contributed by atoms with van der Waals surface area (Å²) >= 11 is 1.64. The zero-order valence-corrected chi connectivity index (χ0v) is 12.5. The van der Waals surface area contributed by atoms with E-state index in [2.05, 4.69) is 5.32 Å². The standard InChI is InChI=1S/C15H20N2O2S/c1-2-4-12-15(19)17(9-11-5-3-8-20-11)13(10-6-7-10)14(18)16-12/h3,5,8,10,12-13H,2,4,6-7,9H2,1H3,(H,16,18). The average Bonchev–Trinajstić information content (AvgIpc) is 3.12. The molecule has 3 rings (SSSR count). The zero-order chi connectivity index (χ0) is 14.1. The van der Waals surface area contributed by atoms with Gasteiger partial charge >= 0.3 is 0 Å². The second-order valence-corrected chi connectivity index (χ2v) is 6.71. The van der Waals surface area contributed by atoms with Crippen molar-refractivity contribution in [3.63, 3.8) is 0 Å². The van der Waals surface area contributed by atoms with Gasteiger partial charge in [-0.15, -0.1) is 11.3 Å². The largest absolute Gasteiger partial charge is 0.342 e. The molecule has 1 aliphatic carbocycles. The molecule has 2 aliphatic rings. The number of thiophene rings is 1. The molecule has 20 heavy (non-hydrogen) atoms. The van der Waals surface area contributed by atoms with Gasteiger partial charge in [-0.1, -0.05) is 19.4 Å². The lowest BCUT2D eigenvalue weighted by atomic mass is 10.0. The monoisotopic (exact) mass is 292 g/mol. The van der Waals surface area contributed by atoms with Crippen LogP contribution >= 0.6 is 11.3 Å². The van der Waals surface area contributed by atoms with Crippen molar-refractivity contribution in [2.45, 2.75) is 51.2 Å². The van der Waals surface area contributed by atoms with Crippen LogP contribution in [0.4, 0.5) is 0 Å². The van der Waals surface area contributed by atoms with E-state index in [4.69, 9.17) is 0 Å². The van der Waals surface area contributed by atoms with E-state index < -0.39 is 0 Å². The summed E-state index contributed by atoms with van der Waals surface area (Å²) in [5, 5.41) is 4.93. The molecule has 5 heteroatoms. The second kappa shape index (κ2) is 5.56. The number of rotatable bonds is 5. The van der Waals surface area contributed by atoms with Gasteiger partial charge in [-0.25, -0.2) is 0 Å². The van der Waals surface area contributed by atoms with Crippen molar-refractivity contribution in [3.8, 4) is 0 Å². The Morgan fingerprint density at radius 3 is 2.80 bits per heavy atom. The molecule has 1 N–H and O–H groups in total. The molecule has 1 aromatic heterocycles. The fourth-order valence-corrected chi connectivity index (χ4v) is 3.61. The maximum atomic E-state index is 12.6. The maximum Gasteiger partial charge on any atom is 0.246 e. The Morgan fingerprint density at radius 1 is 1.40 bits per heavy atom. The Morgan fingerprint density at radius 2 is 2.20 bits per heavy atom. The number of carbonyl (C=O) groups excluding carboxylic acids is 2. The average molecular weight is 292 g/mol. The summed E-state index contributed by atoms with van der Waals surface area (Å²) in [6.45, 7) is 2.61. The summed E-state index contributed by atoms with van der Waals surface area (Å²) in [6, 6.07) is 3.44. The highest BCUT2D eigenvalue weighted by Crippen LogP contribution is 2.38. The summed E-state index contributed by atoms with van der Waals surface area (Å²) < 4.78 is 0. The molecular weight excluding hydrogens is 272 g/mol. The minimum absolute atomic E-state index is 0.0436. The van der Waals surface area contributed by atoms with Crippen LogP contribution in [0.5, 0.6) is 0 Å². The fourth-order valence-electron chi connectivity index (χ4n) is 2.91. The van der Waals surface area contributed by atoms with E-state index in [1.807, 2.05) is 29.3 Å². The number of nitrogens with zero attached hydrogens (tertiary/aromatic N) is 1. The molecule has 2 fully saturated rings. The van der Waals surface area contributed by atoms with Gasteiger partial charge in [0, 0.05) is 4.88 Å². The van der Waals surface area contributed by atoms with Crippen molar-refractivity contribution in [2.24, 2.45) is 5.92 Å². The van der Waals surface area contributed by atoms with Gasteiger partial charge < -0.3 is 10.2 Å². The van der Waals surface area contributed by atoms with Crippen molar-refractivity contribution in [2.75, 3.05) is 0 Å². The van der Waals surface area contributed by atoms with Crippen LogP contribution in [0.15, 0.2) is 17.5 Å². The molecule has 108 valence electrons. The van der Waals surface area contributed by atoms with Crippen molar-refractivity contribution in [1.29, 1.82) is 0 Å². The molecule has 1 aromatic rings. The van der Waals surface area contributed by atoms with E-state index in [1.165, 1.54) is 0 Å². The molecule has 1 saturated heterocycles. The van der Waals surface area contributed by atoms with E-state index in [0.717, 1.165) is 30.6 Å². The van der Waals surface area contributed by atoms with E-state index in [1.54, 1.807) is 11.3 Å². The van der Waals surface area contributed by atoms with Crippen LogP contribution in [0.2, 0.25) is 0 Å². The summed E-state index contributed by atoms with van der Waals surface area (Å²) in [5.74, 6) is 0.500. The topological polar surface area (TPSA) is 49.4 Å². The number of carbonyl (C=O) groups is 2. The summed E-state index contributed by atoms with van der Waals surface area (Å²) in [5.41, 5.74) is 0. The molecule has 2 amide bonds. The lowest BCUT2D eigenvalue weighted by molar-refractivity contribution is -0.151. The van der Waals surface area contributed by atoms with Gasteiger partial charge in [-0.2, -0.15) is 0 Å². The highest BCUT2D eigenvalue weighted by Gasteiger charge is 2.47. The van der Waals surface area contributed by atoms with Crippen LogP contribution in [-0.2, 0) is 16.1 Å². The summed E-state index contributed by atoms with van der Waals surface area (Å²) in [4.78, 5) is 28.0. The van der Waals surface area contributed by atoms with Crippen LogP contribution in [0.25, 0.3) is 0 Å². The summed E-state index contributed by atoms with van der Waals surface area (Å²) in [6.07, 6.45) is 3.75. The lowest BCUT2D eigenvalue weighted by Gasteiger charge is -2.39. The molecule has 2 unspecified atom stereocenters. The number of piperazine rings is 1. The lowest BCUT2D eigenvalue weighted by Crippen LogP contribution is -2.63. The molecular formula is C15H20N2O2S. The quantitative estimate of drug-likeness (QED) is 0.904. The smallest absolute Gasteiger partial charge is 0.246 e. The first kappa shape index (κ1) is 13.6. The first-order valence-corrected chi connectivity index (χ1v) is 8.22. The Balaban J connectivity index is 1.82. The Hall–Kier alpha value is -1.36. The molecule has 2 atom stereocenters. The third kappa shape index (κ3) is 2.59. The van der Waals surface area contributed by atoms with Crippen LogP contribution in [0.3, 0.4) is 0 Å². The van der Waals surface area contributed by atoms with E-state index >= 15 is 0 Å². The molecule has 1 aliphatic heterocycles. The van der Waals surface area contributed by atoms with Crippen molar-refractivity contribution >= 4 is 23.2 Å². The number of amides is 2. The Labute approximate surface area is 123 Å². The molecule has 0 aromatic carbocycles. The second-order valence-electron chi connectivity index (χ2n) is 5.68. The zero-order valence-electron chi connectivity index (χ0n) is 11.7. The van der Waals surface area contributed by atoms with Crippen molar-refractivity contribution in [3.05, 3.63) is 22.4 Å². The van der Waals surface area contributed by atoms with Crippen molar-refractivity contribution in [1.82, 2.24) is 10.2 Å². The number of hydrogen-bond donors (Lipinski definition) is 1.